The summed E-state index contributed by atoms with van der Waals surface area (Å²) in [5.74, 6) is 0.407. The lowest BCUT2D eigenvalue weighted by atomic mass is 10.1. The number of carbonyl (C=O) groups is 1. The number of carbonyl (C=O) groups excluding carboxylic acids is 1. The van der Waals surface area contributed by atoms with Crippen LogP contribution >= 0.6 is 0 Å². The van der Waals surface area contributed by atoms with Crippen LogP contribution in [0.2, 0.25) is 0 Å². The number of nitrogens with one attached hydrogen (secondary N) is 1. The quantitative estimate of drug-likeness (QED) is 0.855. The largest absolute Gasteiger partial charge is 0.365 e. The van der Waals surface area contributed by atoms with Gasteiger partial charge in [0.05, 0.1) is 5.56 Å². The number of amides is 1. The topological polar surface area (TPSA) is 71.2 Å². The molecular weight excluding hydrogens is 264 g/mol. The predicted octanol–water partition coefficient (Wildman–Crippen LogP) is 1.25. The Kier molecular flexibility index (Phi) is 4.10. The molecule has 5 nitrogen and oxygen atoms in total. The molecular formula is C16H24N4O. The molecule has 3 N–H and O–H groups in total. The minimum atomic E-state index is -0.370. The van der Waals surface area contributed by atoms with Gasteiger partial charge in [-0.05, 0) is 57.2 Å². The summed E-state index contributed by atoms with van der Waals surface area (Å²) >= 11 is 0. The first-order valence-electron chi connectivity index (χ1n) is 8.00. The highest BCUT2D eigenvalue weighted by atomic mass is 16.1. The zero-order chi connectivity index (χ0) is 14.8. The summed E-state index contributed by atoms with van der Waals surface area (Å²) in [4.78, 5) is 18.8. The fourth-order valence-electron chi connectivity index (χ4n) is 3.43. The maximum absolute atomic E-state index is 11.8. The van der Waals surface area contributed by atoms with Gasteiger partial charge >= 0.3 is 0 Å². The van der Waals surface area contributed by atoms with Gasteiger partial charge in [-0.25, -0.2) is 4.98 Å². The lowest BCUT2D eigenvalue weighted by Crippen LogP contribution is -2.39. The van der Waals surface area contributed by atoms with Crippen molar-refractivity contribution in [3.8, 4) is 0 Å². The molecule has 1 aliphatic carbocycles. The highest BCUT2D eigenvalue weighted by Crippen LogP contribution is 2.27. The van der Waals surface area contributed by atoms with Crippen LogP contribution in [0.15, 0.2) is 6.07 Å². The molecule has 3 rings (SSSR count). The Morgan fingerprint density at radius 1 is 1.48 bits per heavy atom. The van der Waals surface area contributed by atoms with Crippen LogP contribution in [0.1, 0.15) is 47.8 Å². The molecule has 114 valence electrons. The van der Waals surface area contributed by atoms with E-state index in [0.29, 0.717) is 11.6 Å². The van der Waals surface area contributed by atoms with Gasteiger partial charge in [-0.1, -0.05) is 0 Å². The van der Waals surface area contributed by atoms with Crippen molar-refractivity contribution in [3.05, 3.63) is 22.9 Å². The van der Waals surface area contributed by atoms with Crippen molar-refractivity contribution < 1.29 is 4.79 Å². The molecule has 1 saturated heterocycles. The molecule has 0 saturated carbocycles. The summed E-state index contributed by atoms with van der Waals surface area (Å²) in [6.07, 6.45) is 5.57. The normalized spacial score (nSPS) is 20.5. The fourth-order valence-corrected chi connectivity index (χ4v) is 3.43. The third-order valence-electron chi connectivity index (χ3n) is 4.58. The molecule has 5 heteroatoms. The van der Waals surface area contributed by atoms with Crippen LogP contribution < -0.4 is 16.0 Å². The van der Waals surface area contributed by atoms with Crippen molar-refractivity contribution in [2.24, 2.45) is 5.73 Å². The number of primary amides is 1. The molecule has 1 atom stereocenters. The third kappa shape index (κ3) is 2.88. The Labute approximate surface area is 125 Å². The van der Waals surface area contributed by atoms with E-state index in [4.69, 9.17) is 10.7 Å². The maximum atomic E-state index is 11.8. The molecule has 1 amide bonds. The number of pyridine rings is 1. The van der Waals surface area contributed by atoms with E-state index in [-0.39, 0.29) is 5.91 Å². The van der Waals surface area contributed by atoms with Crippen LogP contribution in [-0.2, 0) is 12.8 Å². The molecule has 1 fully saturated rings. The zero-order valence-corrected chi connectivity index (χ0v) is 12.7. The second-order valence-corrected chi connectivity index (χ2v) is 6.02. The predicted molar refractivity (Wildman–Crippen MR) is 83.7 cm³/mol. The van der Waals surface area contributed by atoms with Crippen molar-refractivity contribution in [2.75, 3.05) is 24.5 Å². The molecule has 2 heterocycles. The molecule has 1 unspecified atom stereocenters. The molecule has 0 spiro atoms. The Morgan fingerprint density at radius 3 is 3.00 bits per heavy atom. The summed E-state index contributed by atoms with van der Waals surface area (Å²) in [6, 6.07) is 2.46. The summed E-state index contributed by atoms with van der Waals surface area (Å²) in [7, 11) is 0. The van der Waals surface area contributed by atoms with Gasteiger partial charge in [0.25, 0.3) is 5.91 Å². The van der Waals surface area contributed by atoms with E-state index >= 15 is 0 Å². The van der Waals surface area contributed by atoms with E-state index in [1.165, 1.54) is 18.4 Å². The monoisotopic (exact) mass is 288 g/mol. The summed E-state index contributed by atoms with van der Waals surface area (Å²) < 4.78 is 0. The number of hydrogen-bond donors (Lipinski definition) is 2. The van der Waals surface area contributed by atoms with Crippen LogP contribution in [0.3, 0.4) is 0 Å². The number of rotatable bonds is 5. The number of nitrogens with two attached hydrogens (primary N) is 1. The van der Waals surface area contributed by atoms with Crippen molar-refractivity contribution >= 4 is 11.7 Å². The first kappa shape index (κ1) is 14.3. The van der Waals surface area contributed by atoms with Crippen molar-refractivity contribution in [3.63, 3.8) is 0 Å². The first-order valence-corrected chi connectivity index (χ1v) is 8.00. The van der Waals surface area contributed by atoms with Crippen molar-refractivity contribution in [1.29, 1.82) is 0 Å². The van der Waals surface area contributed by atoms with Crippen LogP contribution in [0.25, 0.3) is 0 Å². The van der Waals surface area contributed by atoms with Crippen molar-refractivity contribution in [2.45, 2.75) is 45.1 Å². The Bertz CT molecular complexity index is 537. The molecule has 1 aliphatic heterocycles. The first-order chi connectivity index (χ1) is 10.2. The number of hydrogen-bond acceptors (Lipinski definition) is 4. The van der Waals surface area contributed by atoms with Gasteiger partial charge in [0.15, 0.2) is 0 Å². The maximum Gasteiger partial charge on any atom is 0.252 e. The van der Waals surface area contributed by atoms with E-state index in [1.807, 2.05) is 6.07 Å². The number of nitrogens with zero attached hydrogens (tertiary/aromatic N) is 2. The lowest BCUT2D eigenvalue weighted by molar-refractivity contribution is 0.100. The Hall–Kier alpha value is -1.62. The number of aryl methyl sites for hydroxylation is 2. The van der Waals surface area contributed by atoms with Crippen LogP contribution in [0, 0.1) is 0 Å². The van der Waals surface area contributed by atoms with E-state index in [2.05, 4.69) is 17.1 Å². The molecule has 1 aromatic rings. The van der Waals surface area contributed by atoms with E-state index < -0.39 is 0 Å². The Balaban J connectivity index is 1.92. The van der Waals surface area contributed by atoms with E-state index in [0.717, 1.165) is 50.4 Å². The van der Waals surface area contributed by atoms with Gasteiger partial charge in [0.1, 0.15) is 5.82 Å². The molecule has 0 bridgehead atoms. The van der Waals surface area contributed by atoms with Gasteiger partial charge in [-0.3, -0.25) is 4.79 Å². The smallest absolute Gasteiger partial charge is 0.252 e. The minimum Gasteiger partial charge on any atom is -0.365 e. The van der Waals surface area contributed by atoms with Gasteiger partial charge in [-0.2, -0.15) is 0 Å². The molecule has 0 radical (unpaired) electrons. The molecule has 0 aromatic carbocycles. The molecule has 2 aliphatic rings. The van der Waals surface area contributed by atoms with Crippen LogP contribution in [0.4, 0.5) is 5.82 Å². The van der Waals surface area contributed by atoms with Gasteiger partial charge in [-0.15, -0.1) is 0 Å². The lowest BCUT2D eigenvalue weighted by Gasteiger charge is -2.27. The molecule has 1 aromatic heterocycles. The summed E-state index contributed by atoms with van der Waals surface area (Å²) in [6.45, 7) is 4.92. The van der Waals surface area contributed by atoms with E-state index in [9.17, 15) is 4.79 Å². The number of fused-ring (bicyclic) bond motifs is 1. The van der Waals surface area contributed by atoms with Crippen LogP contribution in [0.5, 0.6) is 0 Å². The minimum absolute atomic E-state index is 0.370. The molecule has 21 heavy (non-hydrogen) atoms. The zero-order valence-electron chi connectivity index (χ0n) is 12.7. The third-order valence-corrected chi connectivity index (χ3v) is 4.58. The average Bonchev–Trinajstić information content (AvgIpc) is 3.14. The fraction of sp³-hybridized carbons (Fsp3) is 0.625. The number of likely N-dealkylation sites (N-methyl/N-ethyl adjacent to an activating group) is 1. The average molecular weight is 288 g/mol. The van der Waals surface area contributed by atoms with Crippen molar-refractivity contribution in [1.82, 2.24) is 10.3 Å². The number of anilines is 1. The second kappa shape index (κ2) is 6.02. The highest BCUT2D eigenvalue weighted by Gasteiger charge is 2.24. The standard InChI is InChI=1S/C16H24N4O/c1-2-20(10-12-6-4-8-18-12)16-13(15(17)21)9-11-5-3-7-14(11)19-16/h9,12,18H,2-8,10H2,1H3,(H2,17,21). The SMILES string of the molecule is CCN(CC1CCCN1)c1nc2c(cc1C(N)=O)CCC2. The Morgan fingerprint density at radius 2 is 2.33 bits per heavy atom. The summed E-state index contributed by atoms with van der Waals surface area (Å²) in [5.41, 5.74) is 8.51. The highest BCUT2D eigenvalue weighted by molar-refractivity contribution is 5.98. The number of aromatic nitrogens is 1. The van der Waals surface area contributed by atoms with Gasteiger partial charge in [0, 0.05) is 24.8 Å². The van der Waals surface area contributed by atoms with Gasteiger partial charge < -0.3 is 16.0 Å². The van der Waals surface area contributed by atoms with E-state index in [1.54, 1.807) is 0 Å². The second-order valence-electron chi connectivity index (χ2n) is 6.02. The van der Waals surface area contributed by atoms with Gasteiger partial charge in [0.2, 0.25) is 0 Å². The van der Waals surface area contributed by atoms with Crippen LogP contribution in [-0.4, -0.2) is 36.6 Å². The summed E-state index contributed by atoms with van der Waals surface area (Å²) in [5, 5.41) is 3.51.